The molecule has 2 aliphatic heterocycles. The van der Waals surface area contributed by atoms with Gasteiger partial charge in [0, 0.05) is 6.54 Å². The second-order valence-electron chi connectivity index (χ2n) is 4.95. The number of nitrogens with zero attached hydrogens (tertiary/aromatic N) is 2. The SMILES string of the molecule is CC(C)(C#N)CN1C(=O)C2CCC(O2)C1=O. The molecule has 2 bridgehead atoms. The number of carbonyl (C=O) groups excluding carboxylic acids is 2. The highest BCUT2D eigenvalue weighted by atomic mass is 16.5. The van der Waals surface area contributed by atoms with E-state index in [1.165, 1.54) is 4.90 Å². The van der Waals surface area contributed by atoms with E-state index >= 15 is 0 Å². The molecule has 2 unspecified atom stereocenters. The van der Waals surface area contributed by atoms with E-state index in [1.54, 1.807) is 13.8 Å². The first-order valence-corrected chi connectivity index (χ1v) is 5.36. The van der Waals surface area contributed by atoms with Crippen molar-refractivity contribution in [2.75, 3.05) is 6.54 Å². The van der Waals surface area contributed by atoms with Crippen molar-refractivity contribution in [2.24, 2.45) is 5.41 Å². The van der Waals surface area contributed by atoms with Crippen molar-refractivity contribution in [3.05, 3.63) is 0 Å². The maximum Gasteiger partial charge on any atom is 0.258 e. The van der Waals surface area contributed by atoms with Gasteiger partial charge in [-0.15, -0.1) is 0 Å². The maximum atomic E-state index is 11.9. The molecule has 2 saturated heterocycles. The van der Waals surface area contributed by atoms with Gasteiger partial charge in [0.25, 0.3) is 11.8 Å². The Labute approximate surface area is 94.0 Å². The highest BCUT2D eigenvalue weighted by Gasteiger charge is 2.47. The number of likely N-dealkylation sites (tertiary alicyclic amines) is 1. The highest BCUT2D eigenvalue weighted by Crippen LogP contribution is 2.30. The largest absolute Gasteiger partial charge is 0.355 e. The number of imide groups is 1. The molecule has 16 heavy (non-hydrogen) atoms. The van der Waals surface area contributed by atoms with E-state index in [0.717, 1.165) is 0 Å². The van der Waals surface area contributed by atoms with Gasteiger partial charge < -0.3 is 4.74 Å². The lowest BCUT2D eigenvalue weighted by atomic mass is 9.94. The summed E-state index contributed by atoms with van der Waals surface area (Å²) in [5.74, 6) is -0.579. The van der Waals surface area contributed by atoms with E-state index in [4.69, 9.17) is 10.00 Å². The molecule has 0 aliphatic carbocycles. The Hall–Kier alpha value is -1.41. The molecule has 0 radical (unpaired) electrons. The van der Waals surface area contributed by atoms with Crippen LogP contribution < -0.4 is 0 Å². The van der Waals surface area contributed by atoms with Crippen LogP contribution in [-0.2, 0) is 14.3 Å². The van der Waals surface area contributed by atoms with Crippen molar-refractivity contribution in [2.45, 2.75) is 38.9 Å². The topological polar surface area (TPSA) is 70.4 Å². The summed E-state index contributed by atoms with van der Waals surface area (Å²) >= 11 is 0. The number of fused-ring (bicyclic) bond motifs is 2. The standard InChI is InChI=1S/C11H14N2O3/c1-11(2,5-12)6-13-9(14)7-3-4-8(16-7)10(13)15/h7-8H,3-4,6H2,1-2H3. The first kappa shape index (κ1) is 11.1. The summed E-state index contributed by atoms with van der Waals surface area (Å²) < 4.78 is 5.28. The molecular weight excluding hydrogens is 208 g/mol. The predicted molar refractivity (Wildman–Crippen MR) is 54.0 cm³/mol. The molecule has 0 aromatic heterocycles. The number of rotatable bonds is 2. The van der Waals surface area contributed by atoms with Gasteiger partial charge in [-0.05, 0) is 26.7 Å². The van der Waals surface area contributed by atoms with Gasteiger partial charge in [-0.1, -0.05) is 0 Å². The minimum Gasteiger partial charge on any atom is -0.355 e. The Bertz CT molecular complexity index is 361. The number of amides is 2. The summed E-state index contributed by atoms with van der Waals surface area (Å²) in [5, 5.41) is 8.91. The molecule has 2 atom stereocenters. The van der Waals surface area contributed by atoms with Gasteiger partial charge in [0.1, 0.15) is 12.2 Å². The molecule has 2 aliphatic rings. The molecule has 86 valence electrons. The lowest BCUT2D eigenvalue weighted by Gasteiger charge is -2.33. The molecule has 2 rings (SSSR count). The fourth-order valence-electron chi connectivity index (χ4n) is 2.04. The Morgan fingerprint density at radius 1 is 1.38 bits per heavy atom. The molecular formula is C11H14N2O3. The lowest BCUT2D eigenvalue weighted by molar-refractivity contribution is -0.169. The molecule has 5 heteroatoms. The van der Waals surface area contributed by atoms with Crippen LogP contribution in [0, 0.1) is 16.7 Å². The summed E-state index contributed by atoms with van der Waals surface area (Å²) in [7, 11) is 0. The second kappa shape index (κ2) is 3.56. The zero-order valence-corrected chi connectivity index (χ0v) is 9.40. The average Bonchev–Trinajstić information content (AvgIpc) is 2.69. The Morgan fingerprint density at radius 3 is 2.31 bits per heavy atom. The van der Waals surface area contributed by atoms with Crippen LogP contribution in [0.15, 0.2) is 0 Å². The van der Waals surface area contributed by atoms with Crippen molar-refractivity contribution in [1.29, 1.82) is 5.26 Å². The van der Waals surface area contributed by atoms with Crippen LogP contribution in [0.3, 0.4) is 0 Å². The van der Waals surface area contributed by atoms with Gasteiger partial charge in [0.05, 0.1) is 11.5 Å². The van der Waals surface area contributed by atoms with E-state index < -0.39 is 17.6 Å². The van der Waals surface area contributed by atoms with Gasteiger partial charge in [-0.25, -0.2) is 0 Å². The fourth-order valence-corrected chi connectivity index (χ4v) is 2.04. The molecule has 2 amide bonds. The van der Waals surface area contributed by atoms with Crippen molar-refractivity contribution in [3.63, 3.8) is 0 Å². The summed E-state index contributed by atoms with van der Waals surface area (Å²) in [6.07, 6.45) is 0.270. The first-order chi connectivity index (χ1) is 7.44. The van der Waals surface area contributed by atoms with Crippen LogP contribution in [0.25, 0.3) is 0 Å². The second-order valence-corrected chi connectivity index (χ2v) is 4.95. The van der Waals surface area contributed by atoms with Crippen molar-refractivity contribution in [3.8, 4) is 6.07 Å². The van der Waals surface area contributed by atoms with Crippen LogP contribution in [0.2, 0.25) is 0 Å². The van der Waals surface area contributed by atoms with Gasteiger partial charge in [-0.3, -0.25) is 14.5 Å². The monoisotopic (exact) mass is 222 g/mol. The normalized spacial score (nSPS) is 29.4. The van der Waals surface area contributed by atoms with E-state index in [0.29, 0.717) is 12.8 Å². The number of morpholine rings is 1. The molecule has 2 heterocycles. The molecule has 0 aromatic rings. The van der Waals surface area contributed by atoms with E-state index in [1.807, 2.05) is 0 Å². The summed E-state index contributed by atoms with van der Waals surface area (Å²) in [4.78, 5) is 24.9. The third kappa shape index (κ3) is 1.69. The molecule has 0 saturated carbocycles. The number of hydrogen-bond acceptors (Lipinski definition) is 4. The first-order valence-electron chi connectivity index (χ1n) is 5.36. The Kier molecular flexibility index (Phi) is 2.47. The van der Waals surface area contributed by atoms with Crippen molar-refractivity contribution < 1.29 is 14.3 Å². The number of nitriles is 1. The molecule has 2 fully saturated rings. The molecule has 0 aromatic carbocycles. The predicted octanol–water partition coefficient (Wildman–Crippen LogP) is 0.453. The van der Waals surface area contributed by atoms with Crippen LogP contribution in [0.4, 0.5) is 0 Å². The van der Waals surface area contributed by atoms with E-state index in [9.17, 15) is 9.59 Å². The summed E-state index contributed by atoms with van der Waals surface area (Å²) in [5.41, 5.74) is -0.706. The van der Waals surface area contributed by atoms with E-state index in [2.05, 4.69) is 6.07 Å². The van der Waals surface area contributed by atoms with Gasteiger partial charge in [0.2, 0.25) is 0 Å². The fraction of sp³-hybridized carbons (Fsp3) is 0.727. The minimum atomic E-state index is -0.706. The van der Waals surface area contributed by atoms with Crippen molar-refractivity contribution >= 4 is 11.8 Å². The van der Waals surface area contributed by atoms with Crippen LogP contribution in [0.5, 0.6) is 0 Å². The summed E-state index contributed by atoms with van der Waals surface area (Å²) in [6.45, 7) is 3.58. The third-order valence-corrected chi connectivity index (χ3v) is 2.96. The molecule has 0 spiro atoms. The lowest BCUT2D eigenvalue weighted by Crippen LogP contribution is -2.54. The molecule has 5 nitrogen and oxygen atoms in total. The summed E-state index contributed by atoms with van der Waals surface area (Å²) in [6, 6.07) is 2.09. The van der Waals surface area contributed by atoms with Gasteiger partial charge >= 0.3 is 0 Å². The molecule has 0 N–H and O–H groups in total. The smallest absolute Gasteiger partial charge is 0.258 e. The highest BCUT2D eigenvalue weighted by molar-refractivity contribution is 6.02. The van der Waals surface area contributed by atoms with Crippen LogP contribution in [0.1, 0.15) is 26.7 Å². The minimum absolute atomic E-state index is 0.150. The Balaban J connectivity index is 2.18. The number of ether oxygens (including phenoxy) is 1. The average molecular weight is 222 g/mol. The zero-order valence-electron chi connectivity index (χ0n) is 9.40. The maximum absolute atomic E-state index is 11.9. The van der Waals surface area contributed by atoms with Crippen LogP contribution in [-0.4, -0.2) is 35.5 Å². The van der Waals surface area contributed by atoms with Gasteiger partial charge in [-0.2, -0.15) is 5.26 Å². The number of carbonyl (C=O) groups is 2. The third-order valence-electron chi connectivity index (χ3n) is 2.96. The van der Waals surface area contributed by atoms with Crippen molar-refractivity contribution in [1.82, 2.24) is 4.90 Å². The Morgan fingerprint density at radius 2 is 1.88 bits per heavy atom. The zero-order chi connectivity index (χ0) is 11.9. The quantitative estimate of drug-likeness (QED) is 0.636. The van der Waals surface area contributed by atoms with Crippen LogP contribution >= 0.6 is 0 Å². The van der Waals surface area contributed by atoms with Gasteiger partial charge in [0.15, 0.2) is 0 Å². The van der Waals surface area contributed by atoms with E-state index in [-0.39, 0.29) is 18.4 Å². The number of hydrogen-bond donors (Lipinski definition) is 0.